The molecular weight excluding hydrogens is 623 g/mol. The van der Waals surface area contributed by atoms with E-state index >= 15 is 0 Å². The molecule has 0 fully saturated rings. The fraction of sp³-hybridized carbons (Fsp3) is 0.296. The van der Waals surface area contributed by atoms with Crippen LogP contribution in [0.3, 0.4) is 0 Å². The van der Waals surface area contributed by atoms with Gasteiger partial charge in [0.25, 0.3) is 5.56 Å². The number of benzene rings is 2. The number of carbonyl (C=O) groups is 1. The number of hydrogen-bond acceptors (Lipinski definition) is 9. The number of esters is 1. The zero-order chi connectivity index (χ0) is 27.6. The Morgan fingerprint density at radius 2 is 1.87 bits per heavy atom. The second-order valence-corrected chi connectivity index (χ2v) is 10.4. The smallest absolute Gasteiger partial charge is 0.338 e. The first-order valence-corrected chi connectivity index (χ1v) is 13.7. The van der Waals surface area contributed by atoms with Crippen molar-refractivity contribution in [3.8, 4) is 23.0 Å². The number of fused-ring (bicyclic) bond motifs is 1. The Labute approximate surface area is 236 Å². The molecule has 1 aliphatic rings. The highest BCUT2D eigenvalue weighted by Crippen LogP contribution is 2.36. The van der Waals surface area contributed by atoms with Crippen LogP contribution in [-0.4, -0.2) is 43.1 Å². The summed E-state index contributed by atoms with van der Waals surface area (Å²) in [5, 5.41) is 10.3. The summed E-state index contributed by atoms with van der Waals surface area (Å²) in [5.41, 5.74) is 1.75. The Hall–Kier alpha value is -3.32. The number of rotatable bonds is 8. The zero-order valence-corrected chi connectivity index (χ0v) is 24.5. The number of ether oxygens (including phenoxy) is 4. The van der Waals surface area contributed by atoms with Gasteiger partial charge in [0.2, 0.25) is 0 Å². The maximum atomic E-state index is 13.8. The maximum Gasteiger partial charge on any atom is 0.338 e. The molecule has 1 atom stereocenters. The Morgan fingerprint density at radius 1 is 1.13 bits per heavy atom. The lowest BCUT2D eigenvalue weighted by atomic mass is 9.95. The van der Waals surface area contributed by atoms with Gasteiger partial charge < -0.3 is 24.1 Å². The van der Waals surface area contributed by atoms with Crippen LogP contribution in [0.15, 0.2) is 51.4 Å². The van der Waals surface area contributed by atoms with Gasteiger partial charge in [-0.25, -0.2) is 9.79 Å². The quantitative estimate of drug-likeness (QED) is 0.294. The number of halogens is 1. The van der Waals surface area contributed by atoms with E-state index in [9.17, 15) is 14.7 Å². The van der Waals surface area contributed by atoms with Gasteiger partial charge in [-0.05, 0) is 84.8 Å². The Balaban J connectivity index is 1.96. The number of allylic oxidation sites excluding steroid dienone is 1. The van der Waals surface area contributed by atoms with E-state index in [-0.39, 0.29) is 23.5 Å². The van der Waals surface area contributed by atoms with Crippen LogP contribution in [0.2, 0.25) is 0 Å². The molecule has 0 saturated heterocycles. The molecule has 200 valence electrons. The average Bonchev–Trinajstić information content (AvgIpc) is 3.19. The van der Waals surface area contributed by atoms with Crippen LogP contribution in [0.1, 0.15) is 37.9 Å². The lowest BCUT2D eigenvalue weighted by Gasteiger charge is -2.25. The SMILES string of the molecule is CCOC(=O)C1=C(C)N=c2s/c(=C/c3cc(I)c(O)c(OCC)c3)c(=O)n2[C@H]1c1ccc(OC)c(OC)c1. The predicted molar refractivity (Wildman–Crippen MR) is 152 cm³/mol. The maximum absolute atomic E-state index is 13.8. The van der Waals surface area contributed by atoms with Gasteiger partial charge in [0.15, 0.2) is 27.8 Å². The number of phenolic OH excluding ortho intramolecular Hbond substituents is 1. The minimum atomic E-state index is -0.786. The van der Waals surface area contributed by atoms with E-state index in [1.165, 1.54) is 30.1 Å². The summed E-state index contributed by atoms with van der Waals surface area (Å²) in [6.07, 6.45) is 1.73. The number of hydrogen-bond donors (Lipinski definition) is 1. The van der Waals surface area contributed by atoms with Crippen molar-refractivity contribution in [3.63, 3.8) is 0 Å². The largest absolute Gasteiger partial charge is 0.504 e. The second kappa shape index (κ2) is 11.6. The molecule has 1 aromatic heterocycles. The van der Waals surface area contributed by atoms with Crippen LogP contribution in [0, 0.1) is 3.57 Å². The van der Waals surface area contributed by atoms with Gasteiger partial charge in [-0.1, -0.05) is 17.4 Å². The van der Waals surface area contributed by atoms with Crippen LogP contribution in [-0.2, 0) is 9.53 Å². The fourth-order valence-electron chi connectivity index (χ4n) is 4.22. The van der Waals surface area contributed by atoms with E-state index < -0.39 is 12.0 Å². The third-order valence-corrected chi connectivity index (χ3v) is 7.69. The van der Waals surface area contributed by atoms with Gasteiger partial charge in [-0.3, -0.25) is 9.36 Å². The van der Waals surface area contributed by atoms with Crippen LogP contribution in [0.5, 0.6) is 23.0 Å². The molecule has 0 bridgehead atoms. The molecule has 0 amide bonds. The summed E-state index contributed by atoms with van der Waals surface area (Å²) in [5.74, 6) is 0.828. The first-order valence-electron chi connectivity index (χ1n) is 11.8. The third kappa shape index (κ3) is 5.17. The van der Waals surface area contributed by atoms with Crippen molar-refractivity contribution >= 4 is 46.0 Å². The first kappa shape index (κ1) is 27.7. The molecule has 1 aliphatic heterocycles. The molecule has 1 N–H and O–H groups in total. The number of nitrogens with zero attached hydrogens (tertiary/aromatic N) is 2. The predicted octanol–water partition coefficient (Wildman–Crippen LogP) is 3.52. The van der Waals surface area contributed by atoms with Crippen molar-refractivity contribution in [2.24, 2.45) is 4.99 Å². The molecule has 0 aliphatic carbocycles. The molecule has 0 saturated carbocycles. The Kier molecular flexibility index (Phi) is 8.46. The number of phenols is 1. The topological polar surface area (TPSA) is 109 Å². The Morgan fingerprint density at radius 3 is 2.53 bits per heavy atom. The van der Waals surface area contributed by atoms with E-state index in [4.69, 9.17) is 18.9 Å². The summed E-state index contributed by atoms with van der Waals surface area (Å²) in [6, 6.07) is 7.92. The van der Waals surface area contributed by atoms with Gasteiger partial charge in [0, 0.05) is 0 Å². The molecule has 0 spiro atoms. The minimum Gasteiger partial charge on any atom is -0.504 e. The number of aromatic nitrogens is 1. The summed E-state index contributed by atoms with van der Waals surface area (Å²) in [7, 11) is 3.06. The lowest BCUT2D eigenvalue weighted by molar-refractivity contribution is -0.139. The number of thiazole rings is 1. The van der Waals surface area contributed by atoms with E-state index in [0.717, 1.165) is 0 Å². The van der Waals surface area contributed by atoms with Crippen molar-refractivity contribution in [3.05, 3.63) is 76.0 Å². The normalized spacial score (nSPS) is 15.1. The molecule has 38 heavy (non-hydrogen) atoms. The van der Waals surface area contributed by atoms with Gasteiger partial charge in [0.1, 0.15) is 0 Å². The van der Waals surface area contributed by atoms with Crippen LogP contribution in [0.25, 0.3) is 6.08 Å². The van der Waals surface area contributed by atoms with Gasteiger partial charge >= 0.3 is 5.97 Å². The first-order chi connectivity index (χ1) is 18.2. The van der Waals surface area contributed by atoms with Crippen LogP contribution >= 0.6 is 33.9 Å². The van der Waals surface area contributed by atoms with Crippen molar-refractivity contribution in [1.29, 1.82) is 0 Å². The monoisotopic (exact) mass is 650 g/mol. The zero-order valence-electron chi connectivity index (χ0n) is 21.5. The molecule has 9 nitrogen and oxygen atoms in total. The molecule has 0 unspecified atom stereocenters. The van der Waals surface area contributed by atoms with Crippen molar-refractivity contribution in [2.75, 3.05) is 27.4 Å². The van der Waals surface area contributed by atoms with Crippen molar-refractivity contribution in [2.45, 2.75) is 26.8 Å². The van der Waals surface area contributed by atoms with Gasteiger partial charge in [0.05, 0.1) is 52.8 Å². The van der Waals surface area contributed by atoms with E-state index in [1.807, 2.05) is 29.5 Å². The molecule has 2 aromatic carbocycles. The number of carbonyl (C=O) groups excluding carboxylic acids is 1. The van der Waals surface area contributed by atoms with Crippen LogP contribution < -0.4 is 29.1 Å². The molecular formula is C27H27IN2O7S. The van der Waals surface area contributed by atoms with Crippen LogP contribution in [0.4, 0.5) is 0 Å². The molecule has 0 radical (unpaired) electrons. The van der Waals surface area contributed by atoms with E-state index in [2.05, 4.69) is 4.99 Å². The fourth-order valence-corrected chi connectivity index (χ4v) is 5.90. The van der Waals surface area contributed by atoms with Gasteiger partial charge in [-0.15, -0.1) is 0 Å². The average molecular weight is 650 g/mol. The summed E-state index contributed by atoms with van der Waals surface area (Å²) < 4.78 is 24.3. The lowest BCUT2D eigenvalue weighted by Crippen LogP contribution is -2.40. The van der Waals surface area contributed by atoms with Crippen molar-refractivity contribution < 1.29 is 28.8 Å². The van der Waals surface area contributed by atoms with Crippen molar-refractivity contribution in [1.82, 2.24) is 4.57 Å². The number of aromatic hydroxyl groups is 1. The van der Waals surface area contributed by atoms with E-state index in [0.29, 0.717) is 53.6 Å². The standard InChI is InChI=1S/C27H27IN2O7S/c1-6-36-20-11-15(10-17(28)24(20)31)12-21-25(32)30-23(16-8-9-18(34-4)19(13-16)35-5)22(26(33)37-7-2)14(3)29-27(30)38-21/h8-13,23,31H,6-7H2,1-5H3/b21-12+/t23-/m0/s1. The highest BCUT2D eigenvalue weighted by atomic mass is 127. The molecule has 4 rings (SSSR count). The van der Waals surface area contributed by atoms with E-state index in [1.54, 1.807) is 50.3 Å². The molecule has 3 aromatic rings. The summed E-state index contributed by atoms with van der Waals surface area (Å²) >= 11 is 3.23. The summed E-state index contributed by atoms with van der Waals surface area (Å²) in [4.78, 5) is 32.0. The van der Waals surface area contributed by atoms with Gasteiger partial charge in [-0.2, -0.15) is 0 Å². The number of methoxy groups -OCH3 is 2. The minimum absolute atomic E-state index is 0.0502. The highest BCUT2D eigenvalue weighted by molar-refractivity contribution is 14.1. The summed E-state index contributed by atoms with van der Waals surface area (Å²) in [6.45, 7) is 5.85. The molecule has 11 heteroatoms. The second-order valence-electron chi connectivity index (χ2n) is 8.20. The highest BCUT2D eigenvalue weighted by Gasteiger charge is 2.34. The third-order valence-electron chi connectivity index (χ3n) is 5.89. The molecule has 2 heterocycles. The Bertz CT molecular complexity index is 1610.